The van der Waals surface area contributed by atoms with Gasteiger partial charge in [-0.05, 0) is 43.8 Å². The van der Waals surface area contributed by atoms with Crippen LogP contribution in [-0.2, 0) is 6.54 Å². The van der Waals surface area contributed by atoms with Crippen molar-refractivity contribution in [1.82, 2.24) is 4.90 Å². The number of nitrogens with zero attached hydrogens (tertiary/aromatic N) is 1. The van der Waals surface area contributed by atoms with Gasteiger partial charge in [-0.25, -0.2) is 0 Å². The van der Waals surface area contributed by atoms with E-state index in [0.717, 1.165) is 23.4 Å². The zero-order chi connectivity index (χ0) is 14.7. The minimum absolute atomic E-state index is 0.00972. The standard InChI is InChI=1S/C15H18Cl2N2O/c1-10-11(5-6-20-10)9-19(2)15(8-18)13-7-12(16)3-4-14(13)17/h3-7,15H,8-9,18H2,1-2H3. The highest BCUT2D eigenvalue weighted by Crippen LogP contribution is 2.30. The van der Waals surface area contributed by atoms with Crippen molar-refractivity contribution < 1.29 is 4.42 Å². The fourth-order valence-corrected chi connectivity index (χ4v) is 2.69. The Hall–Kier alpha value is -1.000. The van der Waals surface area contributed by atoms with Crippen molar-refractivity contribution in [3.8, 4) is 0 Å². The third-order valence-electron chi connectivity index (χ3n) is 3.46. The van der Waals surface area contributed by atoms with Gasteiger partial charge in [-0.2, -0.15) is 0 Å². The van der Waals surface area contributed by atoms with Crippen molar-refractivity contribution in [3.63, 3.8) is 0 Å². The van der Waals surface area contributed by atoms with Crippen molar-refractivity contribution in [3.05, 3.63) is 57.5 Å². The second-order valence-corrected chi connectivity index (χ2v) is 5.68. The minimum atomic E-state index is 0.00972. The van der Waals surface area contributed by atoms with E-state index in [4.69, 9.17) is 33.4 Å². The highest BCUT2D eigenvalue weighted by atomic mass is 35.5. The Balaban J connectivity index is 2.23. The molecule has 3 nitrogen and oxygen atoms in total. The molecule has 0 fully saturated rings. The van der Waals surface area contributed by atoms with Crippen molar-refractivity contribution in [1.29, 1.82) is 0 Å². The highest BCUT2D eigenvalue weighted by molar-refractivity contribution is 6.33. The fraction of sp³-hybridized carbons (Fsp3) is 0.333. The van der Waals surface area contributed by atoms with E-state index in [1.54, 1.807) is 18.4 Å². The van der Waals surface area contributed by atoms with Crippen molar-refractivity contribution >= 4 is 23.2 Å². The van der Waals surface area contributed by atoms with Gasteiger partial charge in [0.05, 0.1) is 6.26 Å². The van der Waals surface area contributed by atoms with Crippen molar-refractivity contribution in [2.45, 2.75) is 19.5 Å². The van der Waals surface area contributed by atoms with Gasteiger partial charge in [0.15, 0.2) is 0 Å². The smallest absolute Gasteiger partial charge is 0.105 e. The van der Waals surface area contributed by atoms with Crippen LogP contribution < -0.4 is 5.73 Å². The lowest BCUT2D eigenvalue weighted by Crippen LogP contribution is -2.30. The molecule has 2 rings (SSSR count). The number of benzene rings is 1. The van der Waals surface area contributed by atoms with E-state index in [0.29, 0.717) is 16.6 Å². The van der Waals surface area contributed by atoms with Crippen LogP contribution >= 0.6 is 23.2 Å². The Labute approximate surface area is 129 Å². The summed E-state index contributed by atoms with van der Waals surface area (Å²) in [4.78, 5) is 2.15. The minimum Gasteiger partial charge on any atom is -0.469 e. The summed E-state index contributed by atoms with van der Waals surface area (Å²) in [6, 6.07) is 7.44. The lowest BCUT2D eigenvalue weighted by Gasteiger charge is -2.28. The van der Waals surface area contributed by atoms with Crippen LogP contribution in [0.15, 0.2) is 34.9 Å². The quantitative estimate of drug-likeness (QED) is 0.906. The van der Waals surface area contributed by atoms with Gasteiger partial charge in [0, 0.05) is 34.7 Å². The molecule has 5 heteroatoms. The molecule has 0 saturated carbocycles. The molecule has 20 heavy (non-hydrogen) atoms. The molecule has 0 saturated heterocycles. The van der Waals surface area contributed by atoms with Gasteiger partial charge < -0.3 is 10.2 Å². The Bertz CT molecular complexity index is 583. The molecule has 108 valence electrons. The summed E-state index contributed by atoms with van der Waals surface area (Å²) < 4.78 is 5.32. The van der Waals surface area contributed by atoms with E-state index < -0.39 is 0 Å². The molecule has 0 aliphatic carbocycles. The first-order valence-corrected chi connectivity index (χ1v) is 7.16. The number of likely N-dealkylation sites (N-methyl/N-ethyl adjacent to an activating group) is 1. The number of hydrogen-bond acceptors (Lipinski definition) is 3. The predicted octanol–water partition coefficient (Wildman–Crippen LogP) is 4.03. The summed E-state index contributed by atoms with van der Waals surface area (Å²) in [5, 5.41) is 1.34. The average Bonchev–Trinajstić information content (AvgIpc) is 2.80. The third kappa shape index (κ3) is 3.36. The first-order valence-electron chi connectivity index (χ1n) is 6.41. The number of nitrogens with two attached hydrogens (primary N) is 1. The molecule has 1 unspecified atom stereocenters. The third-order valence-corrected chi connectivity index (χ3v) is 4.04. The summed E-state index contributed by atoms with van der Waals surface area (Å²) in [5.41, 5.74) is 8.02. The molecule has 0 amide bonds. The van der Waals surface area contributed by atoms with E-state index in [1.807, 2.05) is 26.1 Å². The SMILES string of the molecule is Cc1occc1CN(C)C(CN)c1cc(Cl)ccc1Cl. The molecule has 1 aromatic heterocycles. The summed E-state index contributed by atoms with van der Waals surface area (Å²) in [5.74, 6) is 0.921. The van der Waals surface area contributed by atoms with Crippen LogP contribution in [0.1, 0.15) is 22.9 Å². The Morgan fingerprint density at radius 3 is 2.65 bits per heavy atom. The van der Waals surface area contributed by atoms with Crippen LogP contribution in [0.3, 0.4) is 0 Å². The van der Waals surface area contributed by atoms with Gasteiger partial charge in [-0.15, -0.1) is 0 Å². The van der Waals surface area contributed by atoms with Crippen molar-refractivity contribution in [2.75, 3.05) is 13.6 Å². The van der Waals surface area contributed by atoms with Gasteiger partial charge in [0.2, 0.25) is 0 Å². The normalized spacial score (nSPS) is 12.9. The van der Waals surface area contributed by atoms with Gasteiger partial charge in [0.25, 0.3) is 0 Å². The van der Waals surface area contributed by atoms with Crippen LogP contribution in [-0.4, -0.2) is 18.5 Å². The number of rotatable bonds is 5. The molecule has 1 aromatic carbocycles. The summed E-state index contributed by atoms with van der Waals surface area (Å²) in [6.07, 6.45) is 1.70. The molecular formula is C15H18Cl2N2O. The van der Waals surface area contributed by atoms with E-state index in [9.17, 15) is 0 Å². The van der Waals surface area contributed by atoms with Crippen LogP contribution in [0.4, 0.5) is 0 Å². The maximum absolute atomic E-state index is 6.27. The Morgan fingerprint density at radius 1 is 1.30 bits per heavy atom. The largest absolute Gasteiger partial charge is 0.469 e. The number of aryl methyl sites for hydroxylation is 1. The lowest BCUT2D eigenvalue weighted by molar-refractivity contribution is 0.240. The van der Waals surface area contributed by atoms with Crippen LogP contribution in [0, 0.1) is 6.92 Å². The molecule has 2 aromatic rings. The number of furan rings is 1. The maximum atomic E-state index is 6.27. The van der Waals surface area contributed by atoms with E-state index in [2.05, 4.69) is 4.90 Å². The zero-order valence-electron chi connectivity index (χ0n) is 11.6. The Kier molecular flexibility index (Phi) is 5.11. The van der Waals surface area contributed by atoms with Gasteiger partial charge in [0.1, 0.15) is 5.76 Å². The van der Waals surface area contributed by atoms with E-state index >= 15 is 0 Å². The van der Waals surface area contributed by atoms with Gasteiger partial charge in [-0.1, -0.05) is 23.2 Å². The Morgan fingerprint density at radius 2 is 2.05 bits per heavy atom. The van der Waals surface area contributed by atoms with Crippen LogP contribution in [0.2, 0.25) is 10.0 Å². The van der Waals surface area contributed by atoms with Crippen LogP contribution in [0.25, 0.3) is 0 Å². The lowest BCUT2D eigenvalue weighted by atomic mass is 10.0. The highest BCUT2D eigenvalue weighted by Gasteiger charge is 2.19. The molecule has 1 atom stereocenters. The molecule has 0 bridgehead atoms. The summed E-state index contributed by atoms with van der Waals surface area (Å²) in [7, 11) is 2.02. The van der Waals surface area contributed by atoms with Gasteiger partial charge in [-0.3, -0.25) is 4.90 Å². The molecule has 0 spiro atoms. The molecule has 2 N–H and O–H groups in total. The summed E-state index contributed by atoms with van der Waals surface area (Å²) >= 11 is 12.3. The molecular weight excluding hydrogens is 295 g/mol. The topological polar surface area (TPSA) is 42.4 Å². The van der Waals surface area contributed by atoms with Crippen LogP contribution in [0.5, 0.6) is 0 Å². The first-order chi connectivity index (χ1) is 9.52. The summed E-state index contributed by atoms with van der Waals surface area (Å²) in [6.45, 7) is 3.16. The van der Waals surface area contributed by atoms with Gasteiger partial charge >= 0.3 is 0 Å². The molecule has 0 aliphatic heterocycles. The van der Waals surface area contributed by atoms with Crippen molar-refractivity contribution in [2.24, 2.45) is 5.73 Å². The predicted molar refractivity (Wildman–Crippen MR) is 83.2 cm³/mol. The zero-order valence-corrected chi connectivity index (χ0v) is 13.1. The second-order valence-electron chi connectivity index (χ2n) is 4.83. The monoisotopic (exact) mass is 312 g/mol. The van der Waals surface area contributed by atoms with E-state index in [1.165, 1.54) is 0 Å². The molecule has 0 radical (unpaired) electrons. The molecule has 0 aliphatic rings. The molecule has 1 heterocycles. The average molecular weight is 313 g/mol. The fourth-order valence-electron chi connectivity index (χ4n) is 2.27. The number of halogens is 2. The first kappa shape index (κ1) is 15.4. The number of hydrogen-bond donors (Lipinski definition) is 1. The van der Waals surface area contributed by atoms with E-state index in [-0.39, 0.29) is 6.04 Å². The second kappa shape index (κ2) is 6.64. The maximum Gasteiger partial charge on any atom is 0.105 e.